The maximum absolute atomic E-state index is 13.6. The Hall–Kier alpha value is -3.09. The number of hydrogen-bond donors (Lipinski definition) is 0. The summed E-state index contributed by atoms with van der Waals surface area (Å²) >= 11 is 5.94. The van der Waals surface area contributed by atoms with Crippen LogP contribution in [-0.4, -0.2) is 44.2 Å². The third kappa shape index (κ3) is 5.51. The van der Waals surface area contributed by atoms with Crippen molar-refractivity contribution in [2.24, 2.45) is 0 Å². The maximum atomic E-state index is 13.6. The van der Waals surface area contributed by atoms with Crippen molar-refractivity contribution in [3.05, 3.63) is 88.7 Å². The van der Waals surface area contributed by atoms with Crippen LogP contribution in [-0.2, 0) is 6.54 Å². The maximum Gasteiger partial charge on any atom is 0.258 e. The molecule has 0 unspecified atom stereocenters. The van der Waals surface area contributed by atoms with Crippen molar-refractivity contribution in [1.82, 2.24) is 4.90 Å². The Bertz CT molecular complexity index is 1110. The van der Waals surface area contributed by atoms with Gasteiger partial charge in [-0.05, 0) is 79.1 Å². The monoisotopic (exact) mass is 482 g/mol. The quantitative estimate of drug-likeness (QED) is 0.426. The zero-order chi connectivity index (χ0) is 24.1. The zero-order valence-corrected chi connectivity index (χ0v) is 20.1. The summed E-state index contributed by atoms with van der Waals surface area (Å²) in [6.07, 6.45) is 1.64. The first-order valence-corrected chi connectivity index (χ1v) is 11.6. The first kappa shape index (κ1) is 24.0. The van der Waals surface area contributed by atoms with Crippen LogP contribution in [0.5, 0.6) is 11.5 Å². The van der Waals surface area contributed by atoms with Gasteiger partial charge in [0.05, 0.1) is 19.2 Å². The van der Waals surface area contributed by atoms with Crippen LogP contribution in [0.2, 0.25) is 5.02 Å². The summed E-state index contributed by atoms with van der Waals surface area (Å²) in [4.78, 5) is 17.8. The average molecular weight is 483 g/mol. The van der Waals surface area contributed by atoms with Gasteiger partial charge >= 0.3 is 0 Å². The Labute approximate surface area is 204 Å². The van der Waals surface area contributed by atoms with Gasteiger partial charge in [0.15, 0.2) is 0 Å². The minimum absolute atomic E-state index is 0.0448. The first-order valence-electron chi connectivity index (χ1n) is 11.3. The number of amides is 1. The molecule has 0 saturated carbocycles. The summed E-state index contributed by atoms with van der Waals surface area (Å²) in [7, 11) is 3.23. The minimum Gasteiger partial charge on any atom is -0.497 e. The van der Waals surface area contributed by atoms with Crippen LogP contribution in [0.1, 0.15) is 28.8 Å². The molecule has 0 bridgehead atoms. The van der Waals surface area contributed by atoms with Crippen molar-refractivity contribution in [2.75, 3.05) is 32.2 Å². The molecule has 0 aliphatic carbocycles. The summed E-state index contributed by atoms with van der Waals surface area (Å²) in [5.74, 6) is 1.00. The highest BCUT2D eigenvalue weighted by atomic mass is 35.5. The minimum atomic E-state index is -0.406. The highest BCUT2D eigenvalue weighted by Crippen LogP contribution is 2.29. The molecule has 0 radical (unpaired) electrons. The fraction of sp³-hybridized carbons (Fsp3) is 0.296. The number of anilines is 1. The third-order valence-corrected chi connectivity index (χ3v) is 6.51. The molecule has 0 aromatic heterocycles. The molecule has 1 amide bonds. The van der Waals surface area contributed by atoms with Gasteiger partial charge in [0.2, 0.25) is 0 Å². The van der Waals surface area contributed by atoms with E-state index in [0.717, 1.165) is 42.9 Å². The van der Waals surface area contributed by atoms with Gasteiger partial charge in [-0.1, -0.05) is 17.7 Å². The lowest BCUT2D eigenvalue weighted by Gasteiger charge is -2.38. The van der Waals surface area contributed by atoms with Crippen molar-refractivity contribution in [3.8, 4) is 11.5 Å². The molecule has 4 rings (SSSR count). The van der Waals surface area contributed by atoms with Gasteiger partial charge in [0.1, 0.15) is 17.3 Å². The van der Waals surface area contributed by atoms with Crippen molar-refractivity contribution in [1.29, 1.82) is 0 Å². The number of likely N-dealkylation sites (tertiary alicyclic amines) is 1. The smallest absolute Gasteiger partial charge is 0.258 e. The SMILES string of the molecule is COc1ccc(C(=O)N(c2ccc(OC)cc2)C2CCN(Cc3ccc(F)c(Cl)c3)CC2)cc1. The molecule has 34 heavy (non-hydrogen) atoms. The second kappa shape index (κ2) is 10.9. The molecule has 0 atom stereocenters. The molecule has 3 aromatic rings. The molecule has 1 aliphatic rings. The number of halogens is 2. The van der Waals surface area contributed by atoms with E-state index in [-0.39, 0.29) is 17.0 Å². The number of methoxy groups -OCH3 is 2. The molecular formula is C27H28ClFN2O3. The van der Waals surface area contributed by atoms with E-state index in [2.05, 4.69) is 4.90 Å². The van der Waals surface area contributed by atoms with Gasteiger partial charge in [-0.15, -0.1) is 0 Å². The summed E-state index contributed by atoms with van der Waals surface area (Å²) < 4.78 is 24.0. The molecule has 0 N–H and O–H groups in total. The zero-order valence-electron chi connectivity index (χ0n) is 19.3. The first-order chi connectivity index (χ1) is 16.5. The van der Waals surface area contributed by atoms with E-state index < -0.39 is 5.82 Å². The van der Waals surface area contributed by atoms with Crippen LogP contribution < -0.4 is 14.4 Å². The van der Waals surface area contributed by atoms with Crippen molar-refractivity contribution < 1.29 is 18.7 Å². The lowest BCUT2D eigenvalue weighted by Crippen LogP contribution is -2.47. The molecule has 7 heteroatoms. The lowest BCUT2D eigenvalue weighted by molar-refractivity contribution is 0.0958. The number of hydrogen-bond acceptors (Lipinski definition) is 4. The Morgan fingerprint density at radius 3 is 2.12 bits per heavy atom. The number of nitrogens with zero attached hydrogens (tertiary/aromatic N) is 2. The van der Waals surface area contributed by atoms with Gasteiger partial charge in [0.25, 0.3) is 5.91 Å². The van der Waals surface area contributed by atoms with Crippen molar-refractivity contribution >= 4 is 23.2 Å². The van der Waals surface area contributed by atoms with Gasteiger partial charge in [-0.3, -0.25) is 9.69 Å². The Kier molecular flexibility index (Phi) is 7.70. The van der Waals surface area contributed by atoms with Crippen LogP contribution in [0.3, 0.4) is 0 Å². The second-order valence-corrected chi connectivity index (χ2v) is 8.76. The molecule has 178 valence electrons. The van der Waals surface area contributed by atoms with Crippen molar-refractivity contribution in [3.63, 3.8) is 0 Å². The number of carbonyl (C=O) groups excluding carboxylic acids is 1. The lowest BCUT2D eigenvalue weighted by atomic mass is 10.00. The molecule has 3 aromatic carbocycles. The van der Waals surface area contributed by atoms with Gasteiger partial charge in [0, 0.05) is 36.9 Å². The number of benzene rings is 3. The van der Waals surface area contributed by atoms with Crippen LogP contribution in [0.25, 0.3) is 0 Å². The van der Waals surface area contributed by atoms with Crippen LogP contribution in [0, 0.1) is 5.82 Å². The Morgan fingerprint density at radius 1 is 0.971 bits per heavy atom. The normalized spacial score (nSPS) is 14.6. The topological polar surface area (TPSA) is 42.0 Å². The summed E-state index contributed by atoms with van der Waals surface area (Å²) in [6, 6.07) is 19.7. The molecule has 1 fully saturated rings. The molecule has 0 spiro atoms. The Balaban J connectivity index is 1.51. The molecule has 1 aliphatic heterocycles. The van der Waals surface area contributed by atoms with Gasteiger partial charge in [-0.2, -0.15) is 0 Å². The van der Waals surface area contributed by atoms with E-state index in [1.54, 1.807) is 50.6 Å². The number of piperidine rings is 1. The van der Waals surface area contributed by atoms with Crippen molar-refractivity contribution in [2.45, 2.75) is 25.4 Å². The fourth-order valence-corrected chi connectivity index (χ4v) is 4.54. The predicted octanol–water partition coefficient (Wildman–Crippen LogP) is 5.81. The van der Waals surface area contributed by atoms with Gasteiger partial charge < -0.3 is 14.4 Å². The number of rotatable bonds is 7. The number of carbonyl (C=O) groups is 1. The van der Waals surface area contributed by atoms with Crippen LogP contribution in [0.15, 0.2) is 66.7 Å². The highest BCUT2D eigenvalue weighted by molar-refractivity contribution is 6.30. The summed E-state index contributed by atoms with van der Waals surface area (Å²) in [5.41, 5.74) is 2.43. The van der Waals surface area contributed by atoms with E-state index in [9.17, 15) is 9.18 Å². The average Bonchev–Trinajstić information content (AvgIpc) is 2.88. The highest BCUT2D eigenvalue weighted by Gasteiger charge is 2.30. The van der Waals surface area contributed by atoms with Crippen LogP contribution >= 0.6 is 11.6 Å². The molecule has 1 saturated heterocycles. The van der Waals surface area contributed by atoms with E-state index >= 15 is 0 Å². The summed E-state index contributed by atoms with van der Waals surface area (Å²) in [5, 5.41) is 0.142. The van der Waals surface area contributed by atoms with Crippen LogP contribution in [0.4, 0.5) is 10.1 Å². The summed E-state index contributed by atoms with van der Waals surface area (Å²) in [6.45, 7) is 2.34. The largest absolute Gasteiger partial charge is 0.497 e. The van der Waals surface area contributed by atoms with E-state index in [4.69, 9.17) is 21.1 Å². The predicted molar refractivity (Wildman–Crippen MR) is 133 cm³/mol. The Morgan fingerprint density at radius 2 is 1.56 bits per heavy atom. The van der Waals surface area contributed by atoms with E-state index in [1.807, 2.05) is 29.2 Å². The molecule has 1 heterocycles. The molecule has 5 nitrogen and oxygen atoms in total. The second-order valence-electron chi connectivity index (χ2n) is 8.36. The molecular weight excluding hydrogens is 455 g/mol. The standard InChI is InChI=1S/C27H28ClFN2O3/c1-33-23-8-4-20(5-9-23)27(32)31(21-6-10-24(34-2)11-7-21)22-13-15-30(16-14-22)18-19-3-12-26(29)25(28)17-19/h3-12,17,22H,13-16,18H2,1-2H3. The number of ether oxygens (including phenoxy) is 2. The van der Waals surface area contributed by atoms with Gasteiger partial charge in [-0.25, -0.2) is 4.39 Å². The fourth-order valence-electron chi connectivity index (χ4n) is 4.34. The van der Waals surface area contributed by atoms with E-state index in [0.29, 0.717) is 17.9 Å². The third-order valence-electron chi connectivity index (χ3n) is 6.22. The van der Waals surface area contributed by atoms with E-state index in [1.165, 1.54) is 6.07 Å².